The molecule has 0 radical (unpaired) electrons. The van der Waals surface area contributed by atoms with Gasteiger partial charge in [-0.05, 0) is 34.9 Å². The molecule has 1 aliphatic heterocycles. The maximum absolute atomic E-state index is 5.25. The highest BCUT2D eigenvalue weighted by Gasteiger charge is 2.33. The molecule has 0 unspecified atom stereocenters. The van der Waals surface area contributed by atoms with Gasteiger partial charge in [-0.15, -0.1) is 0 Å². The summed E-state index contributed by atoms with van der Waals surface area (Å²) >= 11 is 0. The van der Waals surface area contributed by atoms with Crippen LogP contribution in [-0.4, -0.2) is 19.5 Å². The molecule has 0 bridgehead atoms. The molecule has 0 N–H and O–H groups in total. The van der Waals surface area contributed by atoms with Gasteiger partial charge in [-0.25, -0.2) is 4.98 Å². The first-order valence-electron chi connectivity index (χ1n) is 16.8. The predicted octanol–water partition coefficient (Wildman–Crippen LogP) is 11.4. The van der Waals surface area contributed by atoms with E-state index < -0.39 is 0 Å². The zero-order valence-electron chi connectivity index (χ0n) is 27.0. The molecule has 9 aromatic rings. The number of hydrogen-bond donors (Lipinski definition) is 0. The molecule has 5 heteroatoms. The summed E-state index contributed by atoms with van der Waals surface area (Å²) in [5, 5.41) is 2.37. The van der Waals surface area contributed by atoms with Crippen molar-refractivity contribution in [3.63, 3.8) is 0 Å². The van der Waals surface area contributed by atoms with E-state index in [0.29, 0.717) is 17.6 Å². The molecule has 0 atom stereocenters. The predicted molar refractivity (Wildman–Crippen MR) is 204 cm³/mol. The number of anilines is 3. The lowest BCUT2D eigenvalue weighted by atomic mass is 9.98. The van der Waals surface area contributed by atoms with Crippen LogP contribution in [0.4, 0.5) is 17.3 Å². The molecule has 0 aliphatic carbocycles. The first kappa shape index (κ1) is 28.2. The fourth-order valence-corrected chi connectivity index (χ4v) is 7.29. The molecule has 0 amide bonds. The summed E-state index contributed by atoms with van der Waals surface area (Å²) in [6.07, 6.45) is 0. The van der Waals surface area contributed by atoms with Crippen molar-refractivity contribution in [1.29, 1.82) is 0 Å². The molecule has 1 aliphatic rings. The lowest BCUT2D eigenvalue weighted by molar-refractivity contribution is 1.00. The maximum atomic E-state index is 5.25. The summed E-state index contributed by atoms with van der Waals surface area (Å²) in [5.41, 5.74) is 11.8. The Balaban J connectivity index is 1.33. The normalized spacial score (nSPS) is 12.0. The lowest BCUT2D eigenvalue weighted by Crippen LogP contribution is -2.21. The second-order valence-corrected chi connectivity index (χ2v) is 12.5. The number of hydrogen-bond acceptors (Lipinski definition) is 4. The van der Waals surface area contributed by atoms with Gasteiger partial charge in [0.05, 0.1) is 28.1 Å². The van der Waals surface area contributed by atoms with Crippen molar-refractivity contribution in [3.8, 4) is 50.7 Å². The Morgan fingerprint density at radius 2 is 0.900 bits per heavy atom. The summed E-state index contributed by atoms with van der Waals surface area (Å²) in [6, 6.07) is 61.4. The summed E-state index contributed by atoms with van der Waals surface area (Å²) in [5.74, 6) is 1.81. The molecule has 50 heavy (non-hydrogen) atoms. The van der Waals surface area contributed by atoms with E-state index in [1.54, 1.807) is 0 Å². The van der Waals surface area contributed by atoms with Gasteiger partial charge in [-0.3, -0.25) is 4.90 Å². The maximum Gasteiger partial charge on any atom is 0.238 e. The topological polar surface area (TPSA) is 46.8 Å². The van der Waals surface area contributed by atoms with E-state index in [-0.39, 0.29) is 0 Å². The smallest absolute Gasteiger partial charge is 0.238 e. The van der Waals surface area contributed by atoms with E-state index in [9.17, 15) is 0 Å². The van der Waals surface area contributed by atoms with Gasteiger partial charge in [0.25, 0.3) is 0 Å². The molecule has 0 saturated carbocycles. The Hall–Kier alpha value is -6.85. The number of benzene rings is 7. The summed E-state index contributed by atoms with van der Waals surface area (Å²) in [4.78, 5) is 17.8. The van der Waals surface area contributed by atoms with E-state index in [2.05, 4.69) is 149 Å². The van der Waals surface area contributed by atoms with Crippen molar-refractivity contribution < 1.29 is 0 Å². The zero-order chi connectivity index (χ0) is 33.0. The Kier molecular flexibility index (Phi) is 6.42. The molecular weight excluding hydrogens is 611 g/mol. The Bertz CT molecular complexity index is 2630. The number of aromatic nitrogens is 4. The zero-order valence-corrected chi connectivity index (χ0v) is 27.0. The quantitative estimate of drug-likeness (QED) is 0.188. The van der Waals surface area contributed by atoms with Crippen LogP contribution < -0.4 is 4.90 Å². The van der Waals surface area contributed by atoms with Gasteiger partial charge >= 0.3 is 0 Å². The molecule has 0 saturated heterocycles. The Labute approximate surface area is 289 Å². The molecular formula is C45H29N5. The fraction of sp³-hybridized carbons (Fsp3) is 0. The Morgan fingerprint density at radius 1 is 0.380 bits per heavy atom. The standard InChI is InChI=1S/C45H29N5/c1-5-15-30(16-6-1)34-25-26-36-37-28-27-35(31-17-7-2-8-18-31)41-42(37)49(40(36)29-34)38-23-13-14-24-39(38)50(41)45-47-43(32-19-9-3-10-20-32)46-44(48-45)33-21-11-4-12-22-33/h1-29H. The highest BCUT2D eigenvalue weighted by molar-refractivity contribution is 6.19. The van der Waals surface area contributed by atoms with Crippen molar-refractivity contribution in [1.82, 2.24) is 19.5 Å². The lowest BCUT2D eigenvalue weighted by Gasteiger charge is -2.33. The second-order valence-electron chi connectivity index (χ2n) is 12.5. The largest absolute Gasteiger partial charge is 0.305 e. The third kappa shape index (κ3) is 4.45. The van der Waals surface area contributed by atoms with Gasteiger partial charge in [-0.2, -0.15) is 9.97 Å². The van der Waals surface area contributed by atoms with E-state index in [1.165, 1.54) is 21.9 Å². The first-order chi connectivity index (χ1) is 24.8. The summed E-state index contributed by atoms with van der Waals surface area (Å²) < 4.78 is 2.43. The van der Waals surface area contributed by atoms with Crippen LogP contribution in [0.2, 0.25) is 0 Å². The van der Waals surface area contributed by atoms with Crippen LogP contribution >= 0.6 is 0 Å². The van der Waals surface area contributed by atoms with Crippen LogP contribution in [-0.2, 0) is 0 Å². The second kappa shape index (κ2) is 11.4. The van der Waals surface area contributed by atoms with Crippen molar-refractivity contribution in [2.24, 2.45) is 0 Å². The summed E-state index contributed by atoms with van der Waals surface area (Å²) in [7, 11) is 0. The third-order valence-electron chi connectivity index (χ3n) is 9.57. The molecule has 0 spiro atoms. The average Bonchev–Trinajstić information content (AvgIpc) is 3.54. The highest BCUT2D eigenvalue weighted by atomic mass is 15.3. The first-order valence-corrected chi connectivity index (χ1v) is 16.8. The van der Waals surface area contributed by atoms with Gasteiger partial charge in [0.1, 0.15) is 0 Å². The van der Waals surface area contributed by atoms with E-state index in [1.807, 2.05) is 36.4 Å². The van der Waals surface area contributed by atoms with Crippen molar-refractivity contribution in [2.45, 2.75) is 0 Å². The number of rotatable bonds is 5. The van der Waals surface area contributed by atoms with E-state index >= 15 is 0 Å². The number of nitrogens with zero attached hydrogens (tertiary/aromatic N) is 5. The number of fused-ring (bicyclic) bond motifs is 5. The fourth-order valence-electron chi connectivity index (χ4n) is 7.29. The van der Waals surface area contributed by atoms with Crippen LogP contribution in [0, 0.1) is 0 Å². The van der Waals surface area contributed by atoms with Crippen LogP contribution in [0.15, 0.2) is 176 Å². The number of para-hydroxylation sites is 2. The highest BCUT2D eigenvalue weighted by Crippen LogP contribution is 2.53. The van der Waals surface area contributed by atoms with Gasteiger partial charge in [0.15, 0.2) is 11.6 Å². The monoisotopic (exact) mass is 639 g/mol. The van der Waals surface area contributed by atoms with Gasteiger partial charge < -0.3 is 4.57 Å². The minimum Gasteiger partial charge on any atom is -0.305 e. The molecule has 2 aromatic heterocycles. The van der Waals surface area contributed by atoms with Gasteiger partial charge in [0.2, 0.25) is 5.95 Å². The van der Waals surface area contributed by atoms with Gasteiger partial charge in [0, 0.05) is 27.5 Å². The van der Waals surface area contributed by atoms with Crippen molar-refractivity contribution >= 4 is 39.1 Å². The van der Waals surface area contributed by atoms with Crippen LogP contribution in [0.5, 0.6) is 0 Å². The van der Waals surface area contributed by atoms with Crippen LogP contribution in [0.3, 0.4) is 0 Å². The minimum atomic E-state index is 0.566. The molecule has 10 rings (SSSR count). The SMILES string of the molecule is c1ccc(-c2ccc3c4ccc(-c5ccccc5)c5c4n(c3c2)-c2ccccc2N5c2nc(-c3ccccc3)nc(-c3ccccc3)n2)cc1. The minimum absolute atomic E-state index is 0.566. The summed E-state index contributed by atoms with van der Waals surface area (Å²) in [6.45, 7) is 0. The van der Waals surface area contributed by atoms with Crippen molar-refractivity contribution in [3.05, 3.63) is 176 Å². The molecule has 234 valence electrons. The molecule has 5 nitrogen and oxygen atoms in total. The van der Waals surface area contributed by atoms with Crippen molar-refractivity contribution in [2.75, 3.05) is 4.90 Å². The van der Waals surface area contributed by atoms with Crippen LogP contribution in [0.1, 0.15) is 0 Å². The Morgan fingerprint density at radius 3 is 1.52 bits per heavy atom. The van der Waals surface area contributed by atoms with E-state index in [4.69, 9.17) is 15.0 Å². The molecule has 7 aromatic carbocycles. The van der Waals surface area contributed by atoms with Crippen LogP contribution in [0.25, 0.3) is 72.5 Å². The molecule has 3 heterocycles. The third-order valence-corrected chi connectivity index (χ3v) is 9.57. The van der Waals surface area contributed by atoms with Gasteiger partial charge in [-0.1, -0.05) is 158 Å². The van der Waals surface area contributed by atoms with E-state index in [0.717, 1.165) is 50.3 Å². The average molecular weight is 640 g/mol. The molecule has 0 fully saturated rings.